The van der Waals surface area contributed by atoms with Gasteiger partial charge in [-0.3, -0.25) is 9.59 Å². The van der Waals surface area contributed by atoms with E-state index in [2.05, 4.69) is 0 Å². The van der Waals surface area contributed by atoms with Gasteiger partial charge in [0.05, 0.1) is 12.2 Å². The number of ether oxygens (including phenoxy) is 1. The van der Waals surface area contributed by atoms with Crippen molar-refractivity contribution in [2.75, 3.05) is 6.61 Å². The first-order valence-electron chi connectivity index (χ1n) is 8.59. The van der Waals surface area contributed by atoms with E-state index in [4.69, 9.17) is 4.74 Å². The lowest BCUT2D eigenvalue weighted by Gasteiger charge is -2.41. The fourth-order valence-electron chi connectivity index (χ4n) is 4.58. The zero-order chi connectivity index (χ0) is 19.0. The molecule has 26 heavy (non-hydrogen) atoms. The molecule has 0 spiro atoms. The summed E-state index contributed by atoms with van der Waals surface area (Å²) >= 11 is 0. The van der Waals surface area contributed by atoms with Gasteiger partial charge in [-0.25, -0.2) is 0 Å². The minimum atomic E-state index is -0.977. The van der Waals surface area contributed by atoms with Crippen LogP contribution in [-0.4, -0.2) is 39.6 Å². The fraction of sp³-hybridized carbons (Fsp3) is 0.400. The molecule has 2 atom stereocenters. The van der Waals surface area contributed by atoms with E-state index in [-0.39, 0.29) is 52.3 Å². The minimum absolute atomic E-state index is 0.00626. The highest BCUT2D eigenvalue weighted by atomic mass is 16.5. The van der Waals surface area contributed by atoms with Crippen LogP contribution < -0.4 is 4.74 Å². The standard InChI is InChI=1S/C20H20O6/c1-8-4-10-17(24)15-13(22)5-12-9(2)11(7-21)14(23)6-20(12,3)16(15)18(25)19(10)26-8/h5,8,21,24-25H,4,6-7H2,1-3H3/t8-,20-/m0/s1. The summed E-state index contributed by atoms with van der Waals surface area (Å²) in [5, 5.41) is 31.2. The van der Waals surface area contributed by atoms with Gasteiger partial charge in [-0.05, 0) is 31.1 Å². The number of allylic oxidation sites excluding steroid dienone is 3. The molecular weight excluding hydrogens is 336 g/mol. The molecule has 136 valence electrons. The van der Waals surface area contributed by atoms with Gasteiger partial charge < -0.3 is 20.1 Å². The second-order valence-corrected chi connectivity index (χ2v) is 7.50. The maximum absolute atomic E-state index is 12.8. The molecule has 3 aliphatic rings. The van der Waals surface area contributed by atoms with Crippen LogP contribution in [-0.2, 0) is 16.6 Å². The van der Waals surface area contributed by atoms with Crippen LogP contribution >= 0.6 is 0 Å². The van der Waals surface area contributed by atoms with Crippen molar-refractivity contribution < 1.29 is 29.6 Å². The smallest absolute Gasteiger partial charge is 0.190 e. The average molecular weight is 356 g/mol. The van der Waals surface area contributed by atoms with Gasteiger partial charge >= 0.3 is 0 Å². The maximum Gasteiger partial charge on any atom is 0.190 e. The highest BCUT2D eigenvalue weighted by Crippen LogP contribution is 2.57. The number of carbonyl (C=O) groups excluding carboxylic acids is 2. The molecule has 0 aromatic heterocycles. The number of fused-ring (bicyclic) bond motifs is 4. The van der Waals surface area contributed by atoms with Crippen molar-refractivity contribution in [2.45, 2.75) is 45.1 Å². The Kier molecular flexibility index (Phi) is 3.37. The summed E-state index contributed by atoms with van der Waals surface area (Å²) in [5.74, 6) is -0.842. The lowest BCUT2D eigenvalue weighted by Crippen LogP contribution is -2.39. The number of aliphatic hydroxyl groups is 1. The summed E-state index contributed by atoms with van der Waals surface area (Å²) in [7, 11) is 0. The van der Waals surface area contributed by atoms with E-state index in [9.17, 15) is 24.9 Å². The van der Waals surface area contributed by atoms with E-state index in [1.54, 1.807) is 13.8 Å². The summed E-state index contributed by atoms with van der Waals surface area (Å²) in [6.45, 7) is 4.87. The van der Waals surface area contributed by atoms with Gasteiger partial charge in [0.1, 0.15) is 11.9 Å². The fourth-order valence-corrected chi connectivity index (χ4v) is 4.58. The van der Waals surface area contributed by atoms with E-state index in [0.29, 0.717) is 23.1 Å². The van der Waals surface area contributed by atoms with E-state index < -0.39 is 17.8 Å². The molecule has 1 heterocycles. The lowest BCUT2D eigenvalue weighted by molar-refractivity contribution is -0.117. The SMILES string of the molecule is CC1=C(CO)C(=O)C[C@@]2(C)C1=CC(=O)c1c(O)c3c(c(O)c12)O[C@@H](C)C3. The van der Waals surface area contributed by atoms with Crippen molar-refractivity contribution in [3.63, 3.8) is 0 Å². The number of benzene rings is 1. The summed E-state index contributed by atoms with van der Waals surface area (Å²) in [6.07, 6.45) is 1.57. The molecule has 0 saturated carbocycles. The highest BCUT2D eigenvalue weighted by Gasteiger charge is 2.49. The van der Waals surface area contributed by atoms with Gasteiger partial charge in [-0.15, -0.1) is 0 Å². The molecule has 0 saturated heterocycles. The van der Waals surface area contributed by atoms with Crippen LogP contribution in [0.3, 0.4) is 0 Å². The average Bonchev–Trinajstić information content (AvgIpc) is 2.96. The van der Waals surface area contributed by atoms with Gasteiger partial charge in [-0.1, -0.05) is 6.92 Å². The number of ketones is 2. The topological polar surface area (TPSA) is 104 Å². The number of rotatable bonds is 1. The molecular formula is C20H20O6. The molecule has 0 radical (unpaired) electrons. The van der Waals surface area contributed by atoms with Crippen LogP contribution in [0.15, 0.2) is 22.8 Å². The third-order valence-corrected chi connectivity index (χ3v) is 5.84. The highest BCUT2D eigenvalue weighted by molar-refractivity contribution is 6.13. The predicted molar refractivity (Wildman–Crippen MR) is 92.7 cm³/mol. The minimum Gasteiger partial charge on any atom is -0.507 e. The molecule has 0 bridgehead atoms. The summed E-state index contributed by atoms with van der Waals surface area (Å²) in [6, 6.07) is 0. The van der Waals surface area contributed by atoms with Gasteiger partial charge in [0.15, 0.2) is 23.1 Å². The molecule has 1 aromatic carbocycles. The predicted octanol–water partition coefficient (Wildman–Crippen LogP) is 2.08. The monoisotopic (exact) mass is 356 g/mol. The van der Waals surface area contributed by atoms with Crippen LogP contribution in [0.25, 0.3) is 0 Å². The molecule has 6 nitrogen and oxygen atoms in total. The molecule has 1 aliphatic heterocycles. The number of aliphatic hydroxyl groups excluding tert-OH is 1. The molecule has 0 amide bonds. The molecule has 0 unspecified atom stereocenters. The Balaban J connectivity index is 2.06. The van der Waals surface area contributed by atoms with Gasteiger partial charge in [0, 0.05) is 35.0 Å². The number of phenolic OH excluding ortho intramolecular Hbond substituents is 2. The summed E-state index contributed by atoms with van der Waals surface area (Å²) < 4.78 is 5.66. The van der Waals surface area contributed by atoms with Crippen LogP contribution in [0.2, 0.25) is 0 Å². The molecule has 2 aliphatic carbocycles. The number of Topliss-reactive ketones (excluding diaryl/α,β-unsaturated/α-hetero) is 1. The van der Waals surface area contributed by atoms with Crippen LogP contribution in [0.1, 0.15) is 48.7 Å². The first kappa shape index (κ1) is 16.8. The van der Waals surface area contributed by atoms with Crippen molar-refractivity contribution in [3.05, 3.63) is 39.5 Å². The van der Waals surface area contributed by atoms with Crippen LogP contribution in [0.5, 0.6) is 17.2 Å². The number of carbonyl (C=O) groups is 2. The van der Waals surface area contributed by atoms with Crippen molar-refractivity contribution in [1.82, 2.24) is 0 Å². The number of hydrogen-bond acceptors (Lipinski definition) is 6. The molecule has 3 N–H and O–H groups in total. The van der Waals surface area contributed by atoms with E-state index in [0.717, 1.165) is 0 Å². The second kappa shape index (κ2) is 5.20. The Morgan fingerprint density at radius 2 is 1.96 bits per heavy atom. The third kappa shape index (κ3) is 1.90. The quantitative estimate of drug-likeness (QED) is 0.666. The van der Waals surface area contributed by atoms with Crippen molar-refractivity contribution in [3.8, 4) is 17.2 Å². The summed E-state index contributed by atoms with van der Waals surface area (Å²) in [4.78, 5) is 25.4. The Morgan fingerprint density at radius 3 is 2.62 bits per heavy atom. The van der Waals surface area contributed by atoms with Crippen LogP contribution in [0.4, 0.5) is 0 Å². The van der Waals surface area contributed by atoms with E-state index in [1.807, 2.05) is 6.92 Å². The van der Waals surface area contributed by atoms with Gasteiger partial charge in [-0.2, -0.15) is 0 Å². The second-order valence-electron chi connectivity index (χ2n) is 7.50. The molecule has 6 heteroatoms. The number of hydrogen-bond donors (Lipinski definition) is 3. The van der Waals surface area contributed by atoms with Gasteiger partial charge in [0.2, 0.25) is 0 Å². The Hall–Kier alpha value is -2.60. The van der Waals surface area contributed by atoms with Crippen molar-refractivity contribution >= 4 is 11.6 Å². The van der Waals surface area contributed by atoms with E-state index >= 15 is 0 Å². The van der Waals surface area contributed by atoms with Gasteiger partial charge in [0.25, 0.3) is 0 Å². The number of phenols is 2. The lowest BCUT2D eigenvalue weighted by atomic mass is 9.60. The zero-order valence-electron chi connectivity index (χ0n) is 14.8. The first-order valence-corrected chi connectivity index (χ1v) is 8.59. The first-order chi connectivity index (χ1) is 12.2. The molecule has 1 aromatic rings. The molecule has 0 fully saturated rings. The Morgan fingerprint density at radius 1 is 1.27 bits per heavy atom. The zero-order valence-corrected chi connectivity index (χ0v) is 14.8. The Bertz CT molecular complexity index is 952. The van der Waals surface area contributed by atoms with Crippen LogP contribution in [0, 0.1) is 0 Å². The van der Waals surface area contributed by atoms with Crippen molar-refractivity contribution in [1.29, 1.82) is 0 Å². The third-order valence-electron chi connectivity index (χ3n) is 5.84. The maximum atomic E-state index is 12.8. The van der Waals surface area contributed by atoms with E-state index in [1.165, 1.54) is 6.08 Å². The summed E-state index contributed by atoms with van der Waals surface area (Å²) in [5.41, 5.74) is 1.12. The van der Waals surface area contributed by atoms with Crippen molar-refractivity contribution in [2.24, 2.45) is 0 Å². The largest absolute Gasteiger partial charge is 0.507 e. The normalized spacial score (nSPS) is 26.9. The molecule has 4 rings (SSSR count). The number of aromatic hydroxyl groups is 2. The Labute approximate surface area is 150 Å².